The van der Waals surface area contributed by atoms with Gasteiger partial charge in [-0.2, -0.15) is 5.26 Å². The second-order valence-corrected chi connectivity index (χ2v) is 7.86. The Morgan fingerprint density at radius 1 is 0.903 bits per heavy atom. The number of methoxy groups -OCH3 is 2. The molecule has 0 spiro atoms. The van der Waals surface area contributed by atoms with Crippen LogP contribution in [0.25, 0.3) is 0 Å². The minimum atomic E-state index is -0.0187. The zero-order valence-corrected chi connectivity index (χ0v) is 18.1. The van der Waals surface area contributed by atoms with E-state index >= 15 is 0 Å². The fraction of sp³-hybridized carbons (Fsp3) is 0.296. The van der Waals surface area contributed by atoms with Crippen LogP contribution in [0.4, 0.5) is 5.69 Å². The maximum Gasteiger partial charge on any atom is 0.123 e. The smallest absolute Gasteiger partial charge is 0.123 e. The van der Waals surface area contributed by atoms with Crippen LogP contribution in [-0.4, -0.2) is 26.8 Å². The van der Waals surface area contributed by atoms with Crippen LogP contribution in [0.15, 0.2) is 72.8 Å². The molecule has 4 heteroatoms. The highest BCUT2D eigenvalue weighted by molar-refractivity contribution is 5.56. The molecule has 4 rings (SSSR count). The van der Waals surface area contributed by atoms with Crippen molar-refractivity contribution in [1.29, 1.82) is 5.26 Å². The van der Waals surface area contributed by atoms with Crippen LogP contribution in [0.1, 0.15) is 41.9 Å². The minimum Gasteiger partial charge on any atom is -0.496 e. The van der Waals surface area contributed by atoms with Gasteiger partial charge in [0.1, 0.15) is 11.5 Å². The molecule has 0 amide bonds. The van der Waals surface area contributed by atoms with E-state index in [1.807, 2.05) is 36.4 Å². The first-order valence-corrected chi connectivity index (χ1v) is 10.8. The van der Waals surface area contributed by atoms with Crippen LogP contribution in [0.2, 0.25) is 0 Å². The molecule has 1 heterocycles. The topological polar surface area (TPSA) is 45.5 Å². The van der Waals surface area contributed by atoms with Gasteiger partial charge in [-0.15, -0.1) is 0 Å². The number of benzene rings is 3. The lowest BCUT2D eigenvalue weighted by Gasteiger charge is -2.27. The Hall–Kier alpha value is -3.45. The predicted octanol–water partition coefficient (Wildman–Crippen LogP) is 5.77. The molecule has 1 fully saturated rings. The van der Waals surface area contributed by atoms with Crippen molar-refractivity contribution in [3.8, 4) is 17.6 Å². The van der Waals surface area contributed by atoms with Gasteiger partial charge in [0.15, 0.2) is 0 Å². The maximum atomic E-state index is 9.16. The van der Waals surface area contributed by atoms with Gasteiger partial charge < -0.3 is 14.4 Å². The quantitative estimate of drug-likeness (QED) is 0.462. The Bertz CT molecular complexity index is 1010. The SMILES string of the molecule is COc1ccccc1C(c1ccc(N2CCC[C@H]2CC#N)cc1)c1ccccc1OC. The van der Waals surface area contributed by atoms with Gasteiger partial charge in [-0.25, -0.2) is 0 Å². The van der Waals surface area contributed by atoms with E-state index in [0.29, 0.717) is 12.5 Å². The van der Waals surface area contributed by atoms with Crippen molar-refractivity contribution in [3.05, 3.63) is 89.5 Å². The van der Waals surface area contributed by atoms with Crippen LogP contribution in [-0.2, 0) is 0 Å². The molecule has 3 aromatic carbocycles. The van der Waals surface area contributed by atoms with Crippen molar-refractivity contribution in [1.82, 2.24) is 0 Å². The summed E-state index contributed by atoms with van der Waals surface area (Å²) in [6, 6.07) is 27.7. The van der Waals surface area contributed by atoms with E-state index in [9.17, 15) is 0 Å². The standard InChI is InChI=1S/C27H28N2O2/c1-30-25-11-5-3-9-23(25)27(24-10-4-6-12-26(24)31-2)20-13-15-22(16-14-20)29-19-7-8-21(29)17-18-28/h3-6,9-16,21,27H,7-8,17,19H2,1-2H3/t21-/m0/s1. The molecule has 4 nitrogen and oxygen atoms in total. The summed E-state index contributed by atoms with van der Waals surface area (Å²) in [6.45, 7) is 1.01. The van der Waals surface area contributed by atoms with Gasteiger partial charge in [-0.05, 0) is 42.7 Å². The van der Waals surface area contributed by atoms with Crippen molar-refractivity contribution in [2.75, 3.05) is 25.7 Å². The molecule has 0 saturated carbocycles. The van der Waals surface area contributed by atoms with Gasteiger partial charge in [-0.3, -0.25) is 0 Å². The first kappa shape index (κ1) is 20.8. The van der Waals surface area contributed by atoms with Gasteiger partial charge in [-0.1, -0.05) is 48.5 Å². The number of rotatable bonds is 7. The molecule has 31 heavy (non-hydrogen) atoms. The fourth-order valence-corrected chi connectivity index (χ4v) is 4.69. The number of hydrogen-bond acceptors (Lipinski definition) is 4. The van der Waals surface area contributed by atoms with Crippen LogP contribution in [0, 0.1) is 11.3 Å². The van der Waals surface area contributed by atoms with E-state index < -0.39 is 0 Å². The molecule has 1 atom stereocenters. The van der Waals surface area contributed by atoms with Crippen molar-refractivity contribution < 1.29 is 9.47 Å². The number of para-hydroxylation sites is 2. The zero-order chi connectivity index (χ0) is 21.6. The van der Waals surface area contributed by atoms with Crippen LogP contribution in [0.3, 0.4) is 0 Å². The number of nitriles is 1. The van der Waals surface area contributed by atoms with Crippen LogP contribution >= 0.6 is 0 Å². The number of anilines is 1. The summed E-state index contributed by atoms with van der Waals surface area (Å²) in [6.07, 6.45) is 2.80. The normalized spacial score (nSPS) is 15.7. The van der Waals surface area contributed by atoms with Gasteiger partial charge in [0.25, 0.3) is 0 Å². The predicted molar refractivity (Wildman–Crippen MR) is 124 cm³/mol. The number of nitrogens with zero attached hydrogens (tertiary/aromatic N) is 2. The molecule has 158 valence electrons. The third kappa shape index (κ3) is 4.22. The molecular weight excluding hydrogens is 384 g/mol. The molecular formula is C27H28N2O2. The first-order chi connectivity index (χ1) is 15.3. The third-order valence-electron chi connectivity index (χ3n) is 6.16. The highest BCUT2D eigenvalue weighted by atomic mass is 16.5. The molecule has 0 aliphatic carbocycles. The lowest BCUT2D eigenvalue weighted by molar-refractivity contribution is 0.402. The van der Waals surface area contributed by atoms with Crippen molar-refractivity contribution in [2.45, 2.75) is 31.2 Å². The summed E-state index contributed by atoms with van der Waals surface area (Å²) in [5, 5.41) is 9.16. The Morgan fingerprint density at radius 3 is 2.03 bits per heavy atom. The fourth-order valence-electron chi connectivity index (χ4n) is 4.69. The first-order valence-electron chi connectivity index (χ1n) is 10.8. The molecule has 1 saturated heterocycles. The number of hydrogen-bond donors (Lipinski definition) is 0. The monoisotopic (exact) mass is 412 g/mol. The summed E-state index contributed by atoms with van der Waals surface area (Å²) in [5.74, 6) is 1.70. The molecule has 0 N–H and O–H groups in total. The van der Waals surface area contributed by atoms with Crippen molar-refractivity contribution in [3.63, 3.8) is 0 Å². The molecule has 0 radical (unpaired) electrons. The minimum absolute atomic E-state index is 0.0187. The number of ether oxygens (including phenoxy) is 2. The molecule has 3 aromatic rings. The molecule has 0 unspecified atom stereocenters. The van der Waals surface area contributed by atoms with E-state index in [1.54, 1.807) is 14.2 Å². The second kappa shape index (κ2) is 9.57. The average Bonchev–Trinajstić information content (AvgIpc) is 3.29. The highest BCUT2D eigenvalue weighted by Gasteiger charge is 2.26. The Kier molecular flexibility index (Phi) is 6.43. The molecule has 1 aliphatic heterocycles. The Morgan fingerprint density at radius 2 is 1.48 bits per heavy atom. The lowest BCUT2D eigenvalue weighted by Crippen LogP contribution is -2.28. The molecule has 1 aliphatic rings. The largest absolute Gasteiger partial charge is 0.496 e. The van der Waals surface area contributed by atoms with E-state index in [4.69, 9.17) is 14.7 Å². The molecule has 0 bridgehead atoms. The summed E-state index contributed by atoms with van der Waals surface area (Å²) < 4.78 is 11.4. The average molecular weight is 413 g/mol. The lowest BCUT2D eigenvalue weighted by atomic mass is 9.84. The second-order valence-electron chi connectivity index (χ2n) is 7.86. The van der Waals surface area contributed by atoms with Crippen LogP contribution in [0.5, 0.6) is 11.5 Å². The highest BCUT2D eigenvalue weighted by Crippen LogP contribution is 2.41. The summed E-state index contributed by atoms with van der Waals surface area (Å²) in [5.41, 5.74) is 4.56. The van der Waals surface area contributed by atoms with E-state index in [1.165, 1.54) is 11.3 Å². The Balaban J connectivity index is 1.77. The zero-order valence-electron chi connectivity index (χ0n) is 18.1. The third-order valence-corrected chi connectivity index (χ3v) is 6.16. The van der Waals surface area contributed by atoms with Gasteiger partial charge in [0.2, 0.25) is 0 Å². The van der Waals surface area contributed by atoms with Gasteiger partial charge in [0, 0.05) is 35.3 Å². The molecule has 0 aromatic heterocycles. The van der Waals surface area contributed by atoms with E-state index in [-0.39, 0.29) is 5.92 Å². The van der Waals surface area contributed by atoms with Gasteiger partial charge in [0.05, 0.1) is 26.7 Å². The van der Waals surface area contributed by atoms with Crippen LogP contribution < -0.4 is 14.4 Å². The van der Waals surface area contributed by atoms with E-state index in [0.717, 1.165) is 42.0 Å². The summed E-state index contributed by atoms with van der Waals surface area (Å²) in [4.78, 5) is 2.37. The van der Waals surface area contributed by atoms with Gasteiger partial charge >= 0.3 is 0 Å². The Labute approximate surface area is 184 Å². The maximum absolute atomic E-state index is 9.16. The summed E-state index contributed by atoms with van der Waals surface area (Å²) >= 11 is 0. The van der Waals surface area contributed by atoms with Crippen molar-refractivity contribution in [2.24, 2.45) is 0 Å². The van der Waals surface area contributed by atoms with Crippen molar-refractivity contribution >= 4 is 5.69 Å². The van der Waals surface area contributed by atoms with E-state index in [2.05, 4.69) is 47.4 Å². The summed E-state index contributed by atoms with van der Waals surface area (Å²) in [7, 11) is 3.42.